The van der Waals surface area contributed by atoms with E-state index in [9.17, 15) is 13.5 Å². The Morgan fingerprint density at radius 1 is 1.29 bits per heavy atom. The fraction of sp³-hybridized carbons (Fsp3) is 0.500. The number of aliphatic hydroxyl groups excluding tert-OH is 1. The van der Waals surface area contributed by atoms with E-state index in [1.807, 2.05) is 32.0 Å². The number of benzene rings is 1. The summed E-state index contributed by atoms with van der Waals surface area (Å²) in [5.41, 5.74) is 2.07. The fourth-order valence-electron chi connectivity index (χ4n) is 2.00. The van der Waals surface area contributed by atoms with Crippen molar-refractivity contribution in [2.75, 3.05) is 11.5 Å². The van der Waals surface area contributed by atoms with Gasteiger partial charge in [-0.2, -0.15) is 0 Å². The lowest BCUT2D eigenvalue weighted by Crippen LogP contribution is -2.30. The van der Waals surface area contributed by atoms with E-state index in [-0.39, 0.29) is 11.5 Å². The van der Waals surface area contributed by atoms with Crippen molar-refractivity contribution in [3.63, 3.8) is 0 Å². The molecule has 0 saturated carbocycles. The number of aryl methyl sites for hydroxylation is 2. The molecule has 5 heteroatoms. The predicted molar refractivity (Wildman–Crippen MR) is 65.0 cm³/mol. The highest BCUT2D eigenvalue weighted by molar-refractivity contribution is 7.91. The second kappa shape index (κ2) is 4.31. The van der Waals surface area contributed by atoms with Crippen molar-refractivity contribution in [2.24, 2.45) is 0 Å². The van der Waals surface area contributed by atoms with Crippen LogP contribution in [-0.2, 0) is 9.84 Å². The van der Waals surface area contributed by atoms with Gasteiger partial charge in [0.15, 0.2) is 9.84 Å². The molecule has 0 bridgehead atoms. The molecule has 1 aromatic carbocycles. The molecule has 0 aliphatic carbocycles. The molecular formula is C12H16O4S. The van der Waals surface area contributed by atoms with E-state index in [1.165, 1.54) is 0 Å². The number of hydrogen-bond donors (Lipinski definition) is 1. The largest absolute Gasteiger partial charge is 0.486 e. The van der Waals surface area contributed by atoms with Gasteiger partial charge in [0, 0.05) is 0 Å². The summed E-state index contributed by atoms with van der Waals surface area (Å²) in [6, 6.07) is 5.67. The van der Waals surface area contributed by atoms with Gasteiger partial charge in [0.05, 0.1) is 11.5 Å². The molecule has 17 heavy (non-hydrogen) atoms. The summed E-state index contributed by atoms with van der Waals surface area (Å²) in [6.07, 6.45) is -1.58. The average Bonchev–Trinajstić information content (AvgIpc) is 2.44. The molecule has 0 spiro atoms. The smallest absolute Gasteiger partial charge is 0.156 e. The van der Waals surface area contributed by atoms with Crippen LogP contribution < -0.4 is 4.74 Å². The quantitative estimate of drug-likeness (QED) is 0.851. The van der Waals surface area contributed by atoms with Crippen molar-refractivity contribution in [3.8, 4) is 5.75 Å². The minimum absolute atomic E-state index is 0.110. The van der Waals surface area contributed by atoms with Gasteiger partial charge in [-0.15, -0.1) is 0 Å². The highest BCUT2D eigenvalue weighted by atomic mass is 32.2. The van der Waals surface area contributed by atoms with Crippen LogP contribution in [0, 0.1) is 13.8 Å². The Labute approximate surface area is 101 Å². The van der Waals surface area contributed by atoms with Crippen LogP contribution in [0.4, 0.5) is 0 Å². The van der Waals surface area contributed by atoms with Gasteiger partial charge in [0.2, 0.25) is 0 Å². The van der Waals surface area contributed by atoms with Crippen molar-refractivity contribution >= 4 is 9.84 Å². The van der Waals surface area contributed by atoms with Crippen LogP contribution in [0.1, 0.15) is 11.1 Å². The molecule has 1 N–H and O–H groups in total. The molecule has 2 unspecified atom stereocenters. The fourth-order valence-corrected chi connectivity index (χ4v) is 3.67. The highest BCUT2D eigenvalue weighted by Crippen LogP contribution is 2.24. The van der Waals surface area contributed by atoms with Crippen LogP contribution in [0.15, 0.2) is 18.2 Å². The molecular weight excluding hydrogens is 240 g/mol. The van der Waals surface area contributed by atoms with Gasteiger partial charge in [0.1, 0.15) is 18.0 Å². The monoisotopic (exact) mass is 256 g/mol. The summed E-state index contributed by atoms with van der Waals surface area (Å²) in [6.45, 7) is 3.88. The first-order valence-electron chi connectivity index (χ1n) is 5.50. The van der Waals surface area contributed by atoms with Crippen LogP contribution in [0.25, 0.3) is 0 Å². The topological polar surface area (TPSA) is 63.6 Å². The molecule has 2 atom stereocenters. The maximum atomic E-state index is 11.3. The number of rotatable bonds is 2. The Morgan fingerprint density at radius 3 is 2.53 bits per heavy atom. The molecule has 1 fully saturated rings. The third-order valence-corrected chi connectivity index (χ3v) is 4.57. The SMILES string of the molecule is Cc1ccc(OC2CS(=O)(=O)CC2O)c(C)c1. The third-order valence-electron chi connectivity index (χ3n) is 2.88. The van der Waals surface area contributed by atoms with Crippen LogP contribution in [0.5, 0.6) is 5.75 Å². The number of hydrogen-bond acceptors (Lipinski definition) is 4. The zero-order valence-corrected chi connectivity index (χ0v) is 10.7. The predicted octanol–water partition coefficient (Wildman–Crippen LogP) is 0.840. The first kappa shape index (κ1) is 12.4. The lowest BCUT2D eigenvalue weighted by molar-refractivity contribution is 0.0733. The van der Waals surface area contributed by atoms with E-state index in [4.69, 9.17) is 4.74 Å². The summed E-state index contributed by atoms with van der Waals surface area (Å²) in [4.78, 5) is 0. The number of aliphatic hydroxyl groups is 1. The van der Waals surface area contributed by atoms with E-state index in [2.05, 4.69) is 0 Å². The molecule has 4 nitrogen and oxygen atoms in total. The first-order valence-corrected chi connectivity index (χ1v) is 7.32. The Bertz CT molecular complexity index is 521. The Balaban J connectivity index is 2.17. The molecule has 1 heterocycles. The van der Waals surface area contributed by atoms with E-state index in [0.717, 1.165) is 11.1 Å². The van der Waals surface area contributed by atoms with E-state index < -0.39 is 22.0 Å². The molecule has 1 aliphatic rings. The van der Waals surface area contributed by atoms with Gasteiger partial charge in [-0.05, 0) is 25.5 Å². The van der Waals surface area contributed by atoms with Crippen molar-refractivity contribution in [1.82, 2.24) is 0 Å². The maximum Gasteiger partial charge on any atom is 0.156 e. The molecule has 0 radical (unpaired) electrons. The van der Waals surface area contributed by atoms with E-state index in [1.54, 1.807) is 0 Å². The molecule has 1 saturated heterocycles. The molecule has 1 aliphatic heterocycles. The summed E-state index contributed by atoms with van der Waals surface area (Å²) in [5, 5.41) is 9.63. The molecule has 94 valence electrons. The average molecular weight is 256 g/mol. The first-order chi connectivity index (χ1) is 7.87. The van der Waals surface area contributed by atoms with Gasteiger partial charge in [0.25, 0.3) is 0 Å². The maximum absolute atomic E-state index is 11.3. The third kappa shape index (κ3) is 2.79. The zero-order chi connectivity index (χ0) is 12.6. The van der Waals surface area contributed by atoms with Gasteiger partial charge >= 0.3 is 0 Å². The summed E-state index contributed by atoms with van der Waals surface area (Å²) in [7, 11) is -3.16. The van der Waals surface area contributed by atoms with Crippen LogP contribution in [-0.4, -0.2) is 37.2 Å². The summed E-state index contributed by atoms with van der Waals surface area (Å²) < 4.78 is 28.3. The van der Waals surface area contributed by atoms with Gasteiger partial charge < -0.3 is 9.84 Å². The standard InChI is InChI=1S/C12H16O4S/c1-8-3-4-11(9(2)5-8)16-12-7-17(14,15)6-10(12)13/h3-5,10,12-13H,6-7H2,1-2H3. The minimum atomic E-state index is -3.16. The van der Waals surface area contributed by atoms with Crippen molar-refractivity contribution in [1.29, 1.82) is 0 Å². The second-order valence-corrected chi connectivity index (χ2v) is 6.72. The van der Waals surface area contributed by atoms with Gasteiger partial charge in [-0.1, -0.05) is 17.7 Å². The minimum Gasteiger partial charge on any atom is -0.486 e. The Kier molecular flexibility index (Phi) is 3.14. The van der Waals surface area contributed by atoms with Crippen molar-refractivity contribution in [3.05, 3.63) is 29.3 Å². The second-order valence-electron chi connectivity index (χ2n) is 4.57. The number of sulfone groups is 1. The summed E-state index contributed by atoms with van der Waals surface area (Å²) >= 11 is 0. The van der Waals surface area contributed by atoms with Crippen LogP contribution in [0.2, 0.25) is 0 Å². The Morgan fingerprint density at radius 2 is 2.00 bits per heavy atom. The number of ether oxygens (including phenoxy) is 1. The molecule has 0 aromatic heterocycles. The van der Waals surface area contributed by atoms with Crippen LogP contribution in [0.3, 0.4) is 0 Å². The summed E-state index contributed by atoms with van der Waals surface area (Å²) in [5.74, 6) is 0.320. The highest BCUT2D eigenvalue weighted by Gasteiger charge is 2.38. The molecule has 0 amide bonds. The van der Waals surface area contributed by atoms with Crippen LogP contribution >= 0.6 is 0 Å². The zero-order valence-electron chi connectivity index (χ0n) is 9.88. The van der Waals surface area contributed by atoms with E-state index >= 15 is 0 Å². The molecule has 2 rings (SSSR count). The van der Waals surface area contributed by atoms with Crippen molar-refractivity contribution in [2.45, 2.75) is 26.1 Å². The Hall–Kier alpha value is -1.07. The van der Waals surface area contributed by atoms with Crippen molar-refractivity contribution < 1.29 is 18.3 Å². The van der Waals surface area contributed by atoms with Gasteiger partial charge in [-0.25, -0.2) is 8.42 Å². The van der Waals surface area contributed by atoms with E-state index in [0.29, 0.717) is 5.75 Å². The molecule has 1 aromatic rings. The van der Waals surface area contributed by atoms with Gasteiger partial charge in [-0.3, -0.25) is 0 Å². The lowest BCUT2D eigenvalue weighted by Gasteiger charge is -2.17. The normalized spacial score (nSPS) is 27.0. The lowest BCUT2D eigenvalue weighted by atomic mass is 10.1.